The minimum absolute atomic E-state index is 0.179. The van der Waals surface area contributed by atoms with E-state index in [1.54, 1.807) is 11.9 Å². The number of benzene rings is 1. The first-order valence-electron chi connectivity index (χ1n) is 5.66. The topological polar surface area (TPSA) is 78.6 Å². The van der Waals surface area contributed by atoms with E-state index in [1.807, 2.05) is 7.05 Å². The molecule has 6 heteroatoms. The average molecular weight is 255 g/mol. The van der Waals surface area contributed by atoms with E-state index < -0.39 is 11.8 Å². The summed E-state index contributed by atoms with van der Waals surface area (Å²) in [6.45, 7) is 1.48. The molecule has 0 aliphatic rings. The molecule has 0 amide bonds. The molecule has 18 heavy (non-hydrogen) atoms. The molecule has 0 bridgehead atoms. The molecular weight excluding hydrogens is 237 g/mol. The van der Waals surface area contributed by atoms with E-state index in [0.29, 0.717) is 12.2 Å². The summed E-state index contributed by atoms with van der Waals surface area (Å²) in [5.74, 6) is -1.93. The summed E-state index contributed by atoms with van der Waals surface area (Å²) in [4.78, 5) is 12.9. The molecule has 100 valence electrons. The number of nitrogens with zero attached hydrogens (tertiary/aromatic N) is 1. The van der Waals surface area contributed by atoms with Crippen LogP contribution in [0.25, 0.3) is 0 Å². The molecule has 1 rings (SSSR count). The summed E-state index contributed by atoms with van der Waals surface area (Å²) in [5, 5.41) is 12.1. The maximum absolute atomic E-state index is 13.3. The van der Waals surface area contributed by atoms with Crippen LogP contribution in [0.3, 0.4) is 0 Å². The molecule has 5 nitrogen and oxygen atoms in total. The summed E-state index contributed by atoms with van der Waals surface area (Å²) in [6.07, 6.45) is 0.851. The number of nitrogens with two attached hydrogens (primary N) is 1. The lowest BCUT2D eigenvalue weighted by Crippen LogP contribution is -2.24. The van der Waals surface area contributed by atoms with E-state index >= 15 is 0 Å². The van der Waals surface area contributed by atoms with E-state index in [0.717, 1.165) is 13.0 Å². The number of carboxylic acids is 1. The Morgan fingerprint density at radius 1 is 1.56 bits per heavy atom. The van der Waals surface area contributed by atoms with Crippen LogP contribution in [0.15, 0.2) is 12.1 Å². The van der Waals surface area contributed by atoms with Gasteiger partial charge in [0.2, 0.25) is 0 Å². The van der Waals surface area contributed by atoms with Crippen molar-refractivity contribution >= 4 is 17.3 Å². The second-order valence-electron chi connectivity index (χ2n) is 4.04. The molecule has 4 N–H and O–H groups in total. The molecule has 0 fully saturated rings. The van der Waals surface area contributed by atoms with Gasteiger partial charge in [0.15, 0.2) is 0 Å². The van der Waals surface area contributed by atoms with Gasteiger partial charge in [0.05, 0.1) is 11.4 Å². The summed E-state index contributed by atoms with van der Waals surface area (Å²) >= 11 is 0. The largest absolute Gasteiger partial charge is 0.478 e. The Morgan fingerprint density at radius 2 is 2.22 bits per heavy atom. The van der Waals surface area contributed by atoms with Crippen LogP contribution in [0.2, 0.25) is 0 Å². The standard InChI is InChI=1S/C12H18FN3O2/c1-15-6-3-7-16(2)9-5-4-8(13)11(14)10(9)12(17)18/h4-5,15H,3,6-7,14H2,1-2H3,(H,17,18). The third-order valence-electron chi connectivity index (χ3n) is 2.72. The zero-order valence-electron chi connectivity index (χ0n) is 10.5. The lowest BCUT2D eigenvalue weighted by atomic mass is 10.1. The predicted octanol–water partition coefficient (Wildman–Crippen LogP) is 1.15. The lowest BCUT2D eigenvalue weighted by molar-refractivity contribution is 0.0698. The maximum Gasteiger partial charge on any atom is 0.340 e. The number of halogens is 1. The van der Waals surface area contributed by atoms with Crippen molar-refractivity contribution in [2.75, 3.05) is 37.8 Å². The summed E-state index contributed by atoms with van der Waals surface area (Å²) in [5.41, 5.74) is 5.41. The van der Waals surface area contributed by atoms with Crippen LogP contribution < -0.4 is 16.0 Å². The smallest absolute Gasteiger partial charge is 0.340 e. The Balaban J connectivity index is 3.01. The zero-order chi connectivity index (χ0) is 13.7. The Morgan fingerprint density at radius 3 is 2.78 bits per heavy atom. The number of carbonyl (C=O) groups is 1. The summed E-state index contributed by atoms with van der Waals surface area (Å²) in [6, 6.07) is 2.63. The highest BCUT2D eigenvalue weighted by atomic mass is 19.1. The van der Waals surface area contributed by atoms with E-state index in [1.165, 1.54) is 12.1 Å². The van der Waals surface area contributed by atoms with Crippen LogP contribution in [-0.2, 0) is 0 Å². The number of nitrogen functional groups attached to an aromatic ring is 1. The highest BCUT2D eigenvalue weighted by Gasteiger charge is 2.19. The second-order valence-corrected chi connectivity index (χ2v) is 4.04. The van der Waals surface area contributed by atoms with Crippen LogP contribution in [0.5, 0.6) is 0 Å². The van der Waals surface area contributed by atoms with E-state index in [4.69, 9.17) is 10.8 Å². The van der Waals surface area contributed by atoms with Crippen molar-refractivity contribution in [1.29, 1.82) is 0 Å². The molecule has 0 heterocycles. The first kappa shape index (κ1) is 14.2. The number of nitrogens with one attached hydrogen (secondary N) is 1. The highest BCUT2D eigenvalue weighted by Crippen LogP contribution is 2.27. The molecule has 0 unspecified atom stereocenters. The van der Waals surface area contributed by atoms with Gasteiger partial charge in [-0.2, -0.15) is 0 Å². The van der Waals surface area contributed by atoms with E-state index in [2.05, 4.69) is 5.32 Å². The fraction of sp³-hybridized carbons (Fsp3) is 0.417. The molecule has 1 aromatic carbocycles. The first-order chi connectivity index (χ1) is 8.49. The molecule has 0 atom stereocenters. The fourth-order valence-corrected chi connectivity index (χ4v) is 1.74. The van der Waals surface area contributed by atoms with Crippen molar-refractivity contribution in [2.24, 2.45) is 0 Å². The van der Waals surface area contributed by atoms with Crippen molar-refractivity contribution in [2.45, 2.75) is 6.42 Å². The molecule has 0 radical (unpaired) electrons. The lowest BCUT2D eigenvalue weighted by Gasteiger charge is -2.22. The van der Waals surface area contributed by atoms with Gasteiger partial charge in [0, 0.05) is 13.6 Å². The van der Waals surface area contributed by atoms with Gasteiger partial charge in [0.25, 0.3) is 0 Å². The normalized spacial score (nSPS) is 10.4. The molecule has 0 aliphatic heterocycles. The fourth-order valence-electron chi connectivity index (χ4n) is 1.74. The Hall–Kier alpha value is -1.82. The van der Waals surface area contributed by atoms with Crippen molar-refractivity contribution in [3.63, 3.8) is 0 Å². The molecule has 0 spiro atoms. The molecular formula is C12H18FN3O2. The summed E-state index contributed by atoms with van der Waals surface area (Å²) < 4.78 is 13.3. The zero-order valence-corrected chi connectivity index (χ0v) is 10.5. The Kier molecular flexibility index (Phi) is 4.91. The average Bonchev–Trinajstić information content (AvgIpc) is 2.32. The number of rotatable bonds is 6. The van der Waals surface area contributed by atoms with Crippen molar-refractivity contribution in [3.05, 3.63) is 23.5 Å². The van der Waals surface area contributed by atoms with Gasteiger partial charge in [-0.25, -0.2) is 9.18 Å². The highest BCUT2D eigenvalue weighted by molar-refractivity contribution is 6.00. The Bertz CT molecular complexity index is 438. The molecule has 0 saturated heterocycles. The van der Waals surface area contributed by atoms with Gasteiger partial charge >= 0.3 is 5.97 Å². The van der Waals surface area contributed by atoms with Crippen molar-refractivity contribution < 1.29 is 14.3 Å². The third kappa shape index (κ3) is 3.10. The molecule has 0 aliphatic carbocycles. The van der Waals surface area contributed by atoms with Crippen LogP contribution in [-0.4, -0.2) is 38.3 Å². The van der Waals surface area contributed by atoms with Crippen molar-refractivity contribution in [3.8, 4) is 0 Å². The van der Waals surface area contributed by atoms with Gasteiger partial charge in [-0.3, -0.25) is 0 Å². The number of aromatic carboxylic acids is 1. The third-order valence-corrected chi connectivity index (χ3v) is 2.72. The SMILES string of the molecule is CNCCCN(C)c1ccc(F)c(N)c1C(=O)O. The number of hydrogen-bond donors (Lipinski definition) is 3. The molecule has 0 saturated carbocycles. The van der Waals surface area contributed by atoms with Gasteiger partial charge in [-0.15, -0.1) is 0 Å². The van der Waals surface area contributed by atoms with Crippen LogP contribution in [0.4, 0.5) is 15.8 Å². The summed E-state index contributed by atoms with van der Waals surface area (Å²) in [7, 11) is 3.60. The van der Waals surface area contributed by atoms with Crippen LogP contribution >= 0.6 is 0 Å². The van der Waals surface area contributed by atoms with Gasteiger partial charge in [-0.05, 0) is 32.1 Å². The van der Waals surface area contributed by atoms with Gasteiger partial charge in [-0.1, -0.05) is 0 Å². The number of hydrogen-bond acceptors (Lipinski definition) is 4. The van der Waals surface area contributed by atoms with Crippen LogP contribution in [0, 0.1) is 5.82 Å². The molecule has 0 aromatic heterocycles. The minimum atomic E-state index is -1.22. The second kappa shape index (κ2) is 6.20. The monoisotopic (exact) mass is 255 g/mol. The van der Waals surface area contributed by atoms with Crippen LogP contribution in [0.1, 0.15) is 16.8 Å². The number of anilines is 2. The van der Waals surface area contributed by atoms with Crippen molar-refractivity contribution in [1.82, 2.24) is 5.32 Å². The predicted molar refractivity (Wildman–Crippen MR) is 69.6 cm³/mol. The number of carboxylic acid groups (broad SMARTS) is 1. The van der Waals surface area contributed by atoms with Gasteiger partial charge < -0.3 is 21.1 Å². The Labute approximate surface area is 105 Å². The van der Waals surface area contributed by atoms with E-state index in [-0.39, 0.29) is 11.3 Å². The van der Waals surface area contributed by atoms with E-state index in [9.17, 15) is 9.18 Å². The minimum Gasteiger partial charge on any atom is -0.478 e. The maximum atomic E-state index is 13.3. The molecule has 1 aromatic rings. The quantitative estimate of drug-likeness (QED) is 0.525. The first-order valence-corrected chi connectivity index (χ1v) is 5.66. The van der Waals surface area contributed by atoms with Gasteiger partial charge in [0.1, 0.15) is 11.4 Å².